The Balaban J connectivity index is 1.64. The topological polar surface area (TPSA) is 67.2 Å². The van der Waals surface area contributed by atoms with E-state index in [4.69, 9.17) is 4.98 Å². The molecule has 1 aliphatic heterocycles. The third-order valence-corrected chi connectivity index (χ3v) is 5.44. The molecule has 6 heteroatoms. The van der Waals surface area contributed by atoms with Gasteiger partial charge in [0.15, 0.2) is 0 Å². The van der Waals surface area contributed by atoms with Crippen molar-refractivity contribution in [1.29, 1.82) is 0 Å². The number of carbonyl (C=O) groups excluding carboxylic acids is 2. The van der Waals surface area contributed by atoms with Gasteiger partial charge in [0.1, 0.15) is 5.82 Å². The molecule has 1 aliphatic rings. The van der Waals surface area contributed by atoms with Crippen LogP contribution in [-0.2, 0) is 23.1 Å². The first kappa shape index (κ1) is 18.2. The Labute approximate surface area is 164 Å². The number of para-hydroxylation sites is 2. The highest BCUT2D eigenvalue weighted by atomic mass is 16.2. The molecular formula is C22H24N4O2. The van der Waals surface area contributed by atoms with Crippen LogP contribution in [0.3, 0.4) is 0 Å². The van der Waals surface area contributed by atoms with Gasteiger partial charge < -0.3 is 14.8 Å². The molecule has 4 rings (SSSR count). The fraction of sp³-hybridized carbons (Fsp3) is 0.318. The van der Waals surface area contributed by atoms with Crippen LogP contribution in [0, 0.1) is 5.92 Å². The maximum absolute atomic E-state index is 12.9. The highest BCUT2D eigenvalue weighted by Gasteiger charge is 2.34. The first-order valence-corrected chi connectivity index (χ1v) is 9.52. The van der Waals surface area contributed by atoms with Crippen molar-refractivity contribution in [3.8, 4) is 0 Å². The molecule has 0 radical (unpaired) electrons. The fourth-order valence-electron chi connectivity index (χ4n) is 3.86. The highest BCUT2D eigenvalue weighted by molar-refractivity contribution is 5.89. The number of imidazole rings is 1. The molecule has 0 saturated carbocycles. The predicted molar refractivity (Wildman–Crippen MR) is 107 cm³/mol. The molecule has 144 valence electrons. The smallest absolute Gasteiger partial charge is 0.226 e. The molecule has 28 heavy (non-hydrogen) atoms. The van der Waals surface area contributed by atoms with Gasteiger partial charge in [0.25, 0.3) is 0 Å². The van der Waals surface area contributed by atoms with Gasteiger partial charge in [0.2, 0.25) is 11.8 Å². The van der Waals surface area contributed by atoms with E-state index in [1.165, 1.54) is 0 Å². The summed E-state index contributed by atoms with van der Waals surface area (Å²) < 4.78 is 2.04. The van der Waals surface area contributed by atoms with E-state index in [9.17, 15) is 9.59 Å². The van der Waals surface area contributed by atoms with Crippen molar-refractivity contribution < 1.29 is 9.59 Å². The lowest BCUT2D eigenvalue weighted by Crippen LogP contribution is -2.37. The molecule has 0 unspecified atom stereocenters. The molecule has 2 atom stereocenters. The van der Waals surface area contributed by atoms with E-state index in [2.05, 4.69) is 17.4 Å². The van der Waals surface area contributed by atoms with E-state index in [1.807, 2.05) is 54.1 Å². The number of hydrogen-bond donors (Lipinski definition) is 1. The fourth-order valence-corrected chi connectivity index (χ4v) is 3.86. The Morgan fingerprint density at radius 3 is 2.54 bits per heavy atom. The molecule has 0 bridgehead atoms. The number of likely N-dealkylation sites (tertiary alicyclic amines) is 1. The third-order valence-electron chi connectivity index (χ3n) is 5.44. The average molecular weight is 376 g/mol. The summed E-state index contributed by atoms with van der Waals surface area (Å²) in [6.07, 6.45) is 0.906. The van der Waals surface area contributed by atoms with E-state index >= 15 is 0 Å². The van der Waals surface area contributed by atoms with Gasteiger partial charge in [0.05, 0.1) is 23.0 Å². The van der Waals surface area contributed by atoms with Gasteiger partial charge in [0, 0.05) is 27.1 Å². The van der Waals surface area contributed by atoms with Crippen molar-refractivity contribution in [2.45, 2.75) is 18.9 Å². The van der Waals surface area contributed by atoms with E-state index in [-0.39, 0.29) is 30.2 Å². The number of hydrogen-bond acceptors (Lipinski definition) is 3. The summed E-state index contributed by atoms with van der Waals surface area (Å²) in [5, 5.41) is 3.17. The maximum Gasteiger partial charge on any atom is 0.226 e. The van der Waals surface area contributed by atoms with Crippen LogP contribution in [0.5, 0.6) is 0 Å². The van der Waals surface area contributed by atoms with Gasteiger partial charge in [-0.15, -0.1) is 0 Å². The Hall–Kier alpha value is -3.15. The minimum Gasteiger partial charge on any atom is -0.345 e. The molecule has 1 fully saturated rings. The quantitative estimate of drug-likeness (QED) is 0.744. The van der Waals surface area contributed by atoms with Gasteiger partial charge in [-0.25, -0.2) is 4.98 Å². The Morgan fingerprint density at radius 1 is 1.14 bits per heavy atom. The summed E-state index contributed by atoms with van der Waals surface area (Å²) in [6, 6.07) is 17.7. The van der Waals surface area contributed by atoms with E-state index in [0.29, 0.717) is 13.0 Å². The first-order chi connectivity index (χ1) is 13.5. The third kappa shape index (κ3) is 3.50. The van der Waals surface area contributed by atoms with Crippen molar-refractivity contribution in [2.75, 3.05) is 13.6 Å². The number of amides is 2. The predicted octanol–water partition coefficient (Wildman–Crippen LogP) is 2.45. The maximum atomic E-state index is 12.9. The number of aryl methyl sites for hydroxylation is 1. The second-order valence-corrected chi connectivity index (χ2v) is 7.44. The largest absolute Gasteiger partial charge is 0.345 e. The van der Waals surface area contributed by atoms with Crippen LogP contribution in [0.25, 0.3) is 11.0 Å². The van der Waals surface area contributed by atoms with Crippen LogP contribution >= 0.6 is 0 Å². The molecule has 2 aromatic carbocycles. The Kier molecular flexibility index (Phi) is 4.86. The second-order valence-electron chi connectivity index (χ2n) is 7.44. The first-order valence-electron chi connectivity index (χ1n) is 9.52. The SMILES string of the molecule is CN1C[C@@H](C(=O)N[C@@H](Cc2ccccc2)c2nc3ccccc3n2C)CC1=O. The molecule has 1 aromatic heterocycles. The van der Waals surface area contributed by atoms with Crippen LogP contribution in [-0.4, -0.2) is 39.9 Å². The van der Waals surface area contributed by atoms with Gasteiger partial charge in [-0.3, -0.25) is 9.59 Å². The minimum atomic E-state index is -0.314. The molecule has 6 nitrogen and oxygen atoms in total. The second kappa shape index (κ2) is 7.46. The van der Waals surface area contributed by atoms with Gasteiger partial charge >= 0.3 is 0 Å². The molecule has 0 spiro atoms. The van der Waals surface area contributed by atoms with Crippen molar-refractivity contribution in [1.82, 2.24) is 19.8 Å². The normalized spacial score (nSPS) is 17.9. The number of benzene rings is 2. The van der Waals surface area contributed by atoms with Crippen molar-refractivity contribution >= 4 is 22.8 Å². The van der Waals surface area contributed by atoms with Gasteiger partial charge in [-0.05, 0) is 24.1 Å². The van der Waals surface area contributed by atoms with E-state index in [1.54, 1.807) is 11.9 Å². The molecular weight excluding hydrogens is 352 g/mol. The number of nitrogens with zero attached hydrogens (tertiary/aromatic N) is 3. The van der Waals surface area contributed by atoms with Crippen molar-refractivity contribution in [2.24, 2.45) is 13.0 Å². The standard InChI is InChI=1S/C22H24N4O2/c1-25-14-16(13-20(25)27)22(28)24-18(12-15-8-4-3-5-9-15)21-23-17-10-6-7-11-19(17)26(21)2/h3-11,16,18H,12-14H2,1-2H3,(H,24,28)/t16-,18-/m0/s1. The monoisotopic (exact) mass is 376 g/mol. The van der Waals surface area contributed by atoms with E-state index in [0.717, 1.165) is 22.4 Å². The minimum absolute atomic E-state index is 0.0162. The van der Waals surface area contributed by atoms with Crippen molar-refractivity contribution in [3.05, 3.63) is 66.0 Å². The number of carbonyl (C=O) groups is 2. The van der Waals surface area contributed by atoms with E-state index < -0.39 is 0 Å². The number of fused-ring (bicyclic) bond motifs is 1. The van der Waals surface area contributed by atoms with Gasteiger partial charge in [-0.2, -0.15) is 0 Å². The molecule has 0 aliphatic carbocycles. The van der Waals surface area contributed by atoms with Crippen molar-refractivity contribution in [3.63, 3.8) is 0 Å². The number of rotatable bonds is 5. The molecule has 2 heterocycles. The summed E-state index contributed by atoms with van der Waals surface area (Å²) >= 11 is 0. The van der Waals surface area contributed by atoms with Crippen LogP contribution in [0.1, 0.15) is 23.9 Å². The summed E-state index contributed by atoms with van der Waals surface area (Å²) in [6.45, 7) is 0.464. The zero-order valence-electron chi connectivity index (χ0n) is 16.1. The summed E-state index contributed by atoms with van der Waals surface area (Å²) in [7, 11) is 3.71. The van der Waals surface area contributed by atoms with Gasteiger partial charge in [-0.1, -0.05) is 42.5 Å². The summed E-state index contributed by atoms with van der Waals surface area (Å²) in [5.41, 5.74) is 3.06. The number of nitrogens with one attached hydrogen (secondary N) is 1. The Bertz CT molecular complexity index is 1010. The molecule has 1 N–H and O–H groups in total. The lowest BCUT2D eigenvalue weighted by atomic mass is 10.0. The highest BCUT2D eigenvalue weighted by Crippen LogP contribution is 2.24. The zero-order chi connectivity index (χ0) is 19.7. The Morgan fingerprint density at radius 2 is 1.86 bits per heavy atom. The van der Waals surface area contributed by atoms with Crippen LogP contribution in [0.15, 0.2) is 54.6 Å². The summed E-state index contributed by atoms with van der Waals surface area (Å²) in [4.78, 5) is 31.2. The lowest BCUT2D eigenvalue weighted by Gasteiger charge is -2.21. The molecule has 1 saturated heterocycles. The van der Waals surface area contributed by atoms with Crippen LogP contribution in [0.2, 0.25) is 0 Å². The lowest BCUT2D eigenvalue weighted by molar-refractivity contribution is -0.128. The summed E-state index contributed by atoms with van der Waals surface area (Å²) in [5.74, 6) is 0.426. The average Bonchev–Trinajstić information content (AvgIpc) is 3.22. The van der Waals surface area contributed by atoms with Crippen LogP contribution < -0.4 is 5.32 Å². The zero-order valence-corrected chi connectivity index (χ0v) is 16.1. The molecule has 3 aromatic rings. The number of aromatic nitrogens is 2. The molecule has 2 amide bonds. The van der Waals surface area contributed by atoms with Crippen LogP contribution in [0.4, 0.5) is 0 Å².